The molecule has 2 aromatic carbocycles. The molecule has 3 rings (SSSR count). The van der Waals surface area contributed by atoms with Gasteiger partial charge in [0, 0.05) is 25.2 Å². The predicted octanol–water partition coefficient (Wildman–Crippen LogP) is 3.52. The molecule has 0 spiro atoms. The van der Waals surface area contributed by atoms with Gasteiger partial charge in [-0.1, -0.05) is 48.0 Å². The van der Waals surface area contributed by atoms with E-state index in [1.807, 2.05) is 12.1 Å². The van der Waals surface area contributed by atoms with E-state index >= 15 is 0 Å². The predicted molar refractivity (Wildman–Crippen MR) is 88.5 cm³/mol. The number of benzene rings is 2. The second-order valence-corrected chi connectivity index (χ2v) is 5.97. The standard InChI is InChI=1S/C19H23FN2/c1-15-7-9-16(10-8-15)19(17-5-2-3-6-18(17)20)22-13-4-11-21-12-14-22/h2-3,5-10,19,21H,4,11-14H2,1H3. The third-order valence-corrected chi connectivity index (χ3v) is 4.33. The first kappa shape index (κ1) is 15.2. The molecule has 1 unspecified atom stereocenters. The molecule has 1 N–H and O–H groups in total. The fourth-order valence-corrected chi connectivity index (χ4v) is 3.16. The van der Waals surface area contributed by atoms with Crippen molar-refractivity contribution in [1.82, 2.24) is 10.2 Å². The Kier molecular flexibility index (Phi) is 4.86. The molecule has 0 saturated carbocycles. The second-order valence-electron chi connectivity index (χ2n) is 5.97. The van der Waals surface area contributed by atoms with E-state index in [0.29, 0.717) is 0 Å². The summed E-state index contributed by atoms with van der Waals surface area (Å²) in [6.07, 6.45) is 1.09. The molecule has 22 heavy (non-hydrogen) atoms. The van der Waals surface area contributed by atoms with Crippen molar-refractivity contribution in [3.05, 3.63) is 71.0 Å². The molecular weight excluding hydrogens is 275 g/mol. The number of hydrogen-bond donors (Lipinski definition) is 1. The van der Waals surface area contributed by atoms with Gasteiger partial charge in [0.25, 0.3) is 0 Å². The maximum Gasteiger partial charge on any atom is 0.128 e. The van der Waals surface area contributed by atoms with Crippen LogP contribution in [0.4, 0.5) is 4.39 Å². The highest BCUT2D eigenvalue weighted by molar-refractivity contribution is 5.34. The molecule has 2 nitrogen and oxygen atoms in total. The Morgan fingerprint density at radius 2 is 1.77 bits per heavy atom. The molecule has 0 aromatic heterocycles. The summed E-state index contributed by atoms with van der Waals surface area (Å²) < 4.78 is 14.4. The molecule has 0 radical (unpaired) electrons. The highest BCUT2D eigenvalue weighted by Crippen LogP contribution is 2.31. The van der Waals surface area contributed by atoms with Gasteiger partial charge in [0.15, 0.2) is 0 Å². The number of hydrogen-bond acceptors (Lipinski definition) is 2. The van der Waals surface area contributed by atoms with Crippen LogP contribution in [-0.2, 0) is 0 Å². The van der Waals surface area contributed by atoms with Crippen molar-refractivity contribution in [3.63, 3.8) is 0 Å². The van der Waals surface area contributed by atoms with Crippen LogP contribution < -0.4 is 5.32 Å². The second kappa shape index (κ2) is 7.03. The van der Waals surface area contributed by atoms with Gasteiger partial charge >= 0.3 is 0 Å². The number of rotatable bonds is 3. The first-order valence-corrected chi connectivity index (χ1v) is 8.01. The highest BCUT2D eigenvalue weighted by Gasteiger charge is 2.25. The van der Waals surface area contributed by atoms with Crippen LogP contribution in [0.1, 0.15) is 29.2 Å². The number of nitrogens with zero attached hydrogens (tertiary/aromatic N) is 1. The molecule has 0 aliphatic carbocycles. The summed E-state index contributed by atoms with van der Waals surface area (Å²) in [5.74, 6) is -0.120. The highest BCUT2D eigenvalue weighted by atomic mass is 19.1. The molecule has 1 saturated heterocycles. The van der Waals surface area contributed by atoms with Gasteiger partial charge in [-0.05, 0) is 31.5 Å². The van der Waals surface area contributed by atoms with E-state index in [0.717, 1.165) is 43.7 Å². The van der Waals surface area contributed by atoms with Crippen LogP contribution in [0.15, 0.2) is 48.5 Å². The Morgan fingerprint density at radius 1 is 1.00 bits per heavy atom. The van der Waals surface area contributed by atoms with Crippen molar-refractivity contribution in [2.75, 3.05) is 26.2 Å². The quantitative estimate of drug-likeness (QED) is 0.932. The third kappa shape index (κ3) is 3.37. The lowest BCUT2D eigenvalue weighted by Gasteiger charge is -2.31. The van der Waals surface area contributed by atoms with Gasteiger partial charge in [0.05, 0.1) is 6.04 Å². The topological polar surface area (TPSA) is 15.3 Å². The van der Waals surface area contributed by atoms with E-state index in [-0.39, 0.29) is 11.9 Å². The maximum atomic E-state index is 14.4. The minimum atomic E-state index is -0.120. The van der Waals surface area contributed by atoms with Gasteiger partial charge in [-0.15, -0.1) is 0 Å². The molecule has 116 valence electrons. The zero-order valence-corrected chi connectivity index (χ0v) is 13.1. The Bertz CT molecular complexity index is 601. The lowest BCUT2D eigenvalue weighted by molar-refractivity contribution is 0.237. The molecule has 1 atom stereocenters. The number of halogens is 1. The maximum absolute atomic E-state index is 14.4. The molecule has 0 amide bonds. The van der Waals surface area contributed by atoms with E-state index < -0.39 is 0 Å². The summed E-state index contributed by atoms with van der Waals surface area (Å²) in [5.41, 5.74) is 3.17. The van der Waals surface area contributed by atoms with Crippen LogP contribution in [0.25, 0.3) is 0 Å². The molecule has 1 fully saturated rings. The van der Waals surface area contributed by atoms with Gasteiger partial charge < -0.3 is 5.32 Å². The largest absolute Gasteiger partial charge is 0.315 e. The van der Waals surface area contributed by atoms with E-state index in [1.54, 1.807) is 12.1 Å². The minimum Gasteiger partial charge on any atom is -0.315 e. The molecule has 1 aliphatic rings. The van der Waals surface area contributed by atoms with E-state index in [4.69, 9.17) is 0 Å². The Morgan fingerprint density at radius 3 is 2.55 bits per heavy atom. The van der Waals surface area contributed by atoms with E-state index in [2.05, 4.69) is 41.4 Å². The van der Waals surface area contributed by atoms with Crippen LogP contribution in [0.3, 0.4) is 0 Å². The van der Waals surface area contributed by atoms with Crippen molar-refractivity contribution >= 4 is 0 Å². The summed E-state index contributed by atoms with van der Waals surface area (Å²) >= 11 is 0. The normalized spacial score (nSPS) is 17.9. The monoisotopic (exact) mass is 298 g/mol. The Hall–Kier alpha value is -1.71. The average molecular weight is 298 g/mol. The summed E-state index contributed by atoms with van der Waals surface area (Å²) in [6, 6.07) is 15.6. The van der Waals surface area contributed by atoms with Crippen molar-refractivity contribution < 1.29 is 4.39 Å². The van der Waals surface area contributed by atoms with Crippen molar-refractivity contribution in [1.29, 1.82) is 0 Å². The fourth-order valence-electron chi connectivity index (χ4n) is 3.16. The van der Waals surface area contributed by atoms with E-state index in [1.165, 1.54) is 5.56 Å². The third-order valence-electron chi connectivity index (χ3n) is 4.33. The molecular formula is C19H23FN2. The van der Waals surface area contributed by atoms with Crippen molar-refractivity contribution in [3.8, 4) is 0 Å². The van der Waals surface area contributed by atoms with Crippen LogP contribution in [0, 0.1) is 12.7 Å². The lowest BCUT2D eigenvalue weighted by atomic mass is 9.95. The fraction of sp³-hybridized carbons (Fsp3) is 0.368. The Balaban J connectivity index is 2.01. The summed E-state index contributed by atoms with van der Waals surface area (Å²) in [7, 11) is 0. The number of aryl methyl sites for hydroxylation is 1. The molecule has 2 aromatic rings. The van der Waals surface area contributed by atoms with Crippen LogP contribution in [0.5, 0.6) is 0 Å². The van der Waals surface area contributed by atoms with Gasteiger partial charge in [-0.2, -0.15) is 0 Å². The van der Waals surface area contributed by atoms with Crippen molar-refractivity contribution in [2.24, 2.45) is 0 Å². The van der Waals surface area contributed by atoms with Gasteiger partial charge in [-0.25, -0.2) is 4.39 Å². The smallest absolute Gasteiger partial charge is 0.128 e. The van der Waals surface area contributed by atoms with E-state index in [9.17, 15) is 4.39 Å². The van der Waals surface area contributed by atoms with Gasteiger partial charge in [-0.3, -0.25) is 4.90 Å². The number of nitrogens with one attached hydrogen (secondary N) is 1. The van der Waals surface area contributed by atoms with Crippen LogP contribution in [0.2, 0.25) is 0 Å². The summed E-state index contributed by atoms with van der Waals surface area (Å²) in [6.45, 7) is 6.00. The van der Waals surface area contributed by atoms with Crippen molar-refractivity contribution in [2.45, 2.75) is 19.4 Å². The van der Waals surface area contributed by atoms with Crippen LogP contribution >= 0.6 is 0 Å². The SMILES string of the molecule is Cc1ccc(C(c2ccccc2F)N2CCCNCC2)cc1. The first-order chi connectivity index (χ1) is 10.8. The molecule has 1 aliphatic heterocycles. The average Bonchev–Trinajstić information content (AvgIpc) is 2.80. The minimum absolute atomic E-state index is 0.0123. The molecule has 0 bridgehead atoms. The van der Waals surface area contributed by atoms with Gasteiger partial charge in [0.2, 0.25) is 0 Å². The zero-order valence-electron chi connectivity index (χ0n) is 13.1. The zero-order chi connectivity index (χ0) is 15.4. The summed E-state index contributed by atoms with van der Waals surface area (Å²) in [5, 5.41) is 3.42. The van der Waals surface area contributed by atoms with Crippen LogP contribution in [-0.4, -0.2) is 31.1 Å². The van der Waals surface area contributed by atoms with Gasteiger partial charge in [0.1, 0.15) is 5.82 Å². The molecule has 1 heterocycles. The first-order valence-electron chi connectivity index (χ1n) is 8.01. The summed E-state index contributed by atoms with van der Waals surface area (Å²) in [4.78, 5) is 2.39. The Labute approximate surface area is 132 Å². The lowest BCUT2D eigenvalue weighted by Crippen LogP contribution is -2.33. The molecule has 3 heteroatoms.